The second-order valence-corrected chi connectivity index (χ2v) is 7.06. The van der Waals surface area contributed by atoms with Gasteiger partial charge in [-0.3, -0.25) is 0 Å². The Balaban J connectivity index is 2.03. The molecule has 1 heterocycles. The molecular formula is C11H13N3O2S2. The first-order valence-electron chi connectivity index (χ1n) is 5.32. The van der Waals surface area contributed by atoms with Crippen molar-refractivity contribution >= 4 is 26.3 Å². The van der Waals surface area contributed by atoms with Gasteiger partial charge in [0.1, 0.15) is 5.01 Å². The van der Waals surface area contributed by atoms with Crippen LogP contribution in [-0.2, 0) is 22.7 Å². The van der Waals surface area contributed by atoms with Crippen LogP contribution in [0.3, 0.4) is 0 Å². The van der Waals surface area contributed by atoms with Crippen molar-refractivity contribution in [3.63, 3.8) is 0 Å². The summed E-state index contributed by atoms with van der Waals surface area (Å²) in [4.78, 5) is 0.339. The van der Waals surface area contributed by atoms with Crippen LogP contribution in [-0.4, -0.2) is 24.9 Å². The van der Waals surface area contributed by atoms with Crippen molar-refractivity contribution in [1.29, 1.82) is 0 Å². The summed E-state index contributed by atoms with van der Waals surface area (Å²) >= 11 is 1.37. The second kappa shape index (κ2) is 5.03. The summed E-state index contributed by atoms with van der Waals surface area (Å²) in [7, 11) is -3.12. The third-order valence-electron chi connectivity index (χ3n) is 2.46. The summed E-state index contributed by atoms with van der Waals surface area (Å²) in [5.74, 6) is 0. The molecule has 0 aliphatic carbocycles. The first-order valence-corrected chi connectivity index (χ1v) is 8.03. The van der Waals surface area contributed by atoms with Crippen LogP contribution in [0.15, 0.2) is 29.2 Å². The van der Waals surface area contributed by atoms with Crippen LogP contribution in [0.5, 0.6) is 0 Å². The van der Waals surface area contributed by atoms with Gasteiger partial charge in [-0.25, -0.2) is 8.42 Å². The molecule has 18 heavy (non-hydrogen) atoms. The number of nitrogens with zero attached hydrogens (tertiary/aromatic N) is 2. The number of rotatable bonds is 4. The summed E-state index contributed by atoms with van der Waals surface area (Å²) in [5.41, 5.74) is 6.56. The molecule has 0 saturated carbocycles. The molecule has 5 nitrogen and oxygen atoms in total. The standard InChI is InChI=1S/C11H13N3O2S2/c1-18(15,16)9-5-2-8(3-6-9)4-7-10-13-14-11(12)17-10/h2-3,5-6H,4,7H2,1H3,(H2,12,14). The summed E-state index contributed by atoms with van der Waals surface area (Å²) in [5, 5.41) is 9.04. The van der Waals surface area contributed by atoms with Crippen molar-refractivity contribution in [2.24, 2.45) is 0 Å². The van der Waals surface area contributed by atoms with E-state index >= 15 is 0 Å². The first-order chi connectivity index (χ1) is 8.45. The molecule has 0 bridgehead atoms. The number of aryl methyl sites for hydroxylation is 2. The molecule has 2 rings (SSSR count). The zero-order chi connectivity index (χ0) is 13.2. The molecule has 0 aliphatic heterocycles. The molecule has 0 spiro atoms. The third kappa shape index (κ3) is 3.27. The van der Waals surface area contributed by atoms with E-state index in [2.05, 4.69) is 10.2 Å². The summed E-state index contributed by atoms with van der Waals surface area (Å²) < 4.78 is 22.6. The van der Waals surface area contributed by atoms with E-state index in [1.807, 2.05) is 12.1 Å². The lowest BCUT2D eigenvalue weighted by atomic mass is 10.1. The lowest BCUT2D eigenvalue weighted by Crippen LogP contribution is -1.97. The van der Waals surface area contributed by atoms with Gasteiger partial charge in [-0.1, -0.05) is 23.5 Å². The molecule has 2 aromatic rings. The average Bonchev–Trinajstić information content (AvgIpc) is 2.72. The van der Waals surface area contributed by atoms with Crippen molar-refractivity contribution in [2.75, 3.05) is 12.0 Å². The number of hydrogen-bond donors (Lipinski definition) is 1. The maximum Gasteiger partial charge on any atom is 0.203 e. The molecule has 0 saturated heterocycles. The minimum Gasteiger partial charge on any atom is -0.374 e. The van der Waals surface area contributed by atoms with Gasteiger partial charge in [0, 0.05) is 12.7 Å². The highest BCUT2D eigenvalue weighted by atomic mass is 32.2. The normalized spacial score (nSPS) is 11.6. The Labute approximate surface area is 110 Å². The van der Waals surface area contributed by atoms with E-state index in [4.69, 9.17) is 5.73 Å². The van der Waals surface area contributed by atoms with Crippen LogP contribution in [0.1, 0.15) is 10.6 Å². The minimum atomic E-state index is -3.12. The van der Waals surface area contributed by atoms with Gasteiger partial charge in [-0.2, -0.15) is 0 Å². The average molecular weight is 283 g/mol. The molecule has 7 heteroatoms. The van der Waals surface area contributed by atoms with Gasteiger partial charge >= 0.3 is 0 Å². The highest BCUT2D eigenvalue weighted by molar-refractivity contribution is 7.90. The predicted octanol–water partition coefficient (Wildman–Crippen LogP) is 1.31. The van der Waals surface area contributed by atoms with Crippen LogP contribution in [0.4, 0.5) is 5.13 Å². The maximum atomic E-state index is 11.3. The Hall–Kier alpha value is -1.47. The van der Waals surface area contributed by atoms with E-state index < -0.39 is 9.84 Å². The maximum absolute atomic E-state index is 11.3. The van der Waals surface area contributed by atoms with Crippen molar-refractivity contribution in [3.05, 3.63) is 34.8 Å². The molecule has 0 radical (unpaired) electrons. The Morgan fingerprint density at radius 2 is 1.83 bits per heavy atom. The molecule has 0 fully saturated rings. The van der Waals surface area contributed by atoms with Crippen LogP contribution >= 0.6 is 11.3 Å². The van der Waals surface area contributed by atoms with E-state index in [-0.39, 0.29) is 0 Å². The smallest absolute Gasteiger partial charge is 0.203 e. The zero-order valence-electron chi connectivity index (χ0n) is 9.83. The molecular weight excluding hydrogens is 270 g/mol. The Morgan fingerprint density at radius 1 is 1.17 bits per heavy atom. The zero-order valence-corrected chi connectivity index (χ0v) is 11.5. The third-order valence-corrected chi connectivity index (χ3v) is 4.40. The highest BCUT2D eigenvalue weighted by Gasteiger charge is 2.06. The molecule has 0 unspecified atom stereocenters. The van der Waals surface area contributed by atoms with Gasteiger partial charge in [-0.05, 0) is 24.1 Å². The summed E-state index contributed by atoms with van der Waals surface area (Å²) in [6.45, 7) is 0. The predicted molar refractivity (Wildman–Crippen MR) is 71.3 cm³/mol. The Kier molecular flexibility index (Phi) is 3.63. The fraction of sp³-hybridized carbons (Fsp3) is 0.273. The number of sulfone groups is 1. The first kappa shape index (κ1) is 13.0. The number of aromatic nitrogens is 2. The molecule has 0 atom stereocenters. The highest BCUT2D eigenvalue weighted by Crippen LogP contribution is 2.15. The molecule has 1 aromatic carbocycles. The molecule has 96 valence electrons. The molecule has 2 N–H and O–H groups in total. The van der Waals surface area contributed by atoms with Crippen LogP contribution in [0.25, 0.3) is 0 Å². The van der Waals surface area contributed by atoms with Gasteiger partial charge in [-0.15, -0.1) is 10.2 Å². The van der Waals surface area contributed by atoms with Gasteiger partial charge in [0.2, 0.25) is 5.13 Å². The monoisotopic (exact) mass is 283 g/mol. The number of benzene rings is 1. The Bertz CT molecular complexity index is 633. The van der Waals surface area contributed by atoms with Crippen molar-refractivity contribution in [2.45, 2.75) is 17.7 Å². The van der Waals surface area contributed by atoms with Crippen molar-refractivity contribution < 1.29 is 8.42 Å². The van der Waals surface area contributed by atoms with Gasteiger partial charge in [0.15, 0.2) is 9.84 Å². The largest absolute Gasteiger partial charge is 0.374 e. The van der Waals surface area contributed by atoms with Crippen molar-refractivity contribution in [1.82, 2.24) is 10.2 Å². The molecule has 0 aliphatic rings. The lowest BCUT2D eigenvalue weighted by molar-refractivity contribution is 0.602. The molecule has 0 amide bonds. The summed E-state index contributed by atoms with van der Waals surface area (Å²) in [6.07, 6.45) is 2.75. The molecule has 1 aromatic heterocycles. The van der Waals surface area contributed by atoms with E-state index in [0.717, 1.165) is 23.4 Å². The van der Waals surface area contributed by atoms with E-state index in [9.17, 15) is 8.42 Å². The van der Waals surface area contributed by atoms with Crippen LogP contribution in [0, 0.1) is 0 Å². The number of anilines is 1. The minimum absolute atomic E-state index is 0.339. The van der Waals surface area contributed by atoms with E-state index in [0.29, 0.717) is 10.0 Å². The topological polar surface area (TPSA) is 85.9 Å². The van der Waals surface area contributed by atoms with E-state index in [1.54, 1.807) is 12.1 Å². The van der Waals surface area contributed by atoms with Gasteiger partial charge in [0.25, 0.3) is 0 Å². The quantitative estimate of drug-likeness (QED) is 0.914. The van der Waals surface area contributed by atoms with E-state index in [1.165, 1.54) is 17.6 Å². The fourth-order valence-corrected chi connectivity index (χ4v) is 2.76. The van der Waals surface area contributed by atoms with Crippen LogP contribution < -0.4 is 5.73 Å². The SMILES string of the molecule is CS(=O)(=O)c1ccc(CCc2nnc(N)s2)cc1. The Morgan fingerprint density at radius 3 is 2.33 bits per heavy atom. The van der Waals surface area contributed by atoms with Crippen LogP contribution in [0.2, 0.25) is 0 Å². The van der Waals surface area contributed by atoms with Gasteiger partial charge < -0.3 is 5.73 Å². The van der Waals surface area contributed by atoms with Gasteiger partial charge in [0.05, 0.1) is 4.90 Å². The number of nitrogen functional groups attached to an aromatic ring is 1. The number of hydrogen-bond acceptors (Lipinski definition) is 6. The number of nitrogens with two attached hydrogens (primary N) is 1. The fourth-order valence-electron chi connectivity index (χ4n) is 1.52. The lowest BCUT2D eigenvalue weighted by Gasteiger charge is -2.01. The second-order valence-electron chi connectivity index (χ2n) is 3.95. The summed E-state index contributed by atoms with van der Waals surface area (Å²) in [6, 6.07) is 6.89. The van der Waals surface area contributed by atoms with Crippen molar-refractivity contribution in [3.8, 4) is 0 Å².